The van der Waals surface area contributed by atoms with Gasteiger partial charge in [-0.25, -0.2) is 9.59 Å². The fourth-order valence-electron chi connectivity index (χ4n) is 4.09. The first-order chi connectivity index (χ1) is 17.6. The number of aliphatic carboxylic acids is 1. The monoisotopic (exact) mass is 570 g/mol. The molecule has 0 bridgehead atoms. The number of rotatable bonds is 10. The number of aliphatic hydroxyl groups is 6. The van der Waals surface area contributed by atoms with E-state index in [4.69, 9.17) is 20.3 Å². The van der Waals surface area contributed by atoms with Crippen LogP contribution in [0.4, 0.5) is 5.82 Å². The van der Waals surface area contributed by atoms with Gasteiger partial charge in [-0.05, 0) is 6.07 Å². The summed E-state index contributed by atoms with van der Waals surface area (Å²) < 4.78 is 33.2. The number of nitrogens with two attached hydrogens (primary N) is 1. The lowest BCUT2D eigenvalue weighted by Gasteiger charge is -2.46. The van der Waals surface area contributed by atoms with Crippen LogP contribution in [0.15, 0.2) is 17.1 Å². The van der Waals surface area contributed by atoms with Crippen molar-refractivity contribution in [3.8, 4) is 0 Å². The summed E-state index contributed by atoms with van der Waals surface area (Å²) in [6.07, 6.45) is -13.4. The van der Waals surface area contributed by atoms with E-state index in [0.717, 1.165) is 10.8 Å². The Labute approximate surface area is 214 Å². The first kappa shape index (κ1) is 30.5. The lowest BCUT2D eigenvalue weighted by atomic mass is 9.85. The number of anilines is 1. The molecule has 11 atom stereocenters. The number of carbonyl (C=O) groups is 1. The lowest BCUT2D eigenvalue weighted by Crippen LogP contribution is -2.61. The summed E-state index contributed by atoms with van der Waals surface area (Å²) in [6.45, 7) is -0.649. The molecule has 9 N–H and O–H groups in total. The Kier molecular flexibility index (Phi) is 9.29. The Hall–Kier alpha value is -2.06. The van der Waals surface area contributed by atoms with E-state index < -0.39 is 99.8 Å². The van der Waals surface area contributed by atoms with Crippen molar-refractivity contribution in [2.45, 2.75) is 68.1 Å². The first-order valence-corrected chi connectivity index (χ1v) is 12.7. The van der Waals surface area contributed by atoms with E-state index >= 15 is 0 Å². The SMILES string of the molecule is CC1C(O)CC(OP(=O)([O-])OCC2OC(n3ccc(N)nc3=O)C(O)C2O)(C(=O)O)OC1C(O)C(O)CO. The second-order valence-electron chi connectivity index (χ2n) is 8.93. The third-order valence-corrected chi connectivity index (χ3v) is 7.28. The van der Waals surface area contributed by atoms with Gasteiger partial charge in [0.1, 0.15) is 36.3 Å². The maximum Gasteiger partial charge on any atom is 0.364 e. The number of aromatic nitrogens is 2. The van der Waals surface area contributed by atoms with Crippen LogP contribution in [-0.4, -0.2) is 113 Å². The largest absolute Gasteiger partial charge is 0.756 e. The minimum atomic E-state index is -5.65. The summed E-state index contributed by atoms with van der Waals surface area (Å²) >= 11 is 0. The van der Waals surface area contributed by atoms with Crippen molar-refractivity contribution in [3.05, 3.63) is 22.7 Å². The van der Waals surface area contributed by atoms with Crippen molar-refractivity contribution in [3.63, 3.8) is 0 Å². The van der Waals surface area contributed by atoms with Crippen LogP contribution in [0.2, 0.25) is 0 Å². The van der Waals surface area contributed by atoms with Crippen LogP contribution in [0.1, 0.15) is 19.6 Å². The molecule has 0 saturated carbocycles. The minimum Gasteiger partial charge on any atom is -0.756 e. The van der Waals surface area contributed by atoms with Gasteiger partial charge >= 0.3 is 11.7 Å². The number of hydrogen-bond acceptors (Lipinski definition) is 16. The first-order valence-electron chi connectivity index (χ1n) is 11.2. The van der Waals surface area contributed by atoms with Gasteiger partial charge in [0.05, 0.1) is 25.4 Å². The van der Waals surface area contributed by atoms with Crippen molar-refractivity contribution in [2.24, 2.45) is 5.92 Å². The Bertz CT molecular complexity index is 1110. The summed E-state index contributed by atoms with van der Waals surface area (Å²) in [5, 5.41) is 69.6. The molecule has 1 aromatic rings. The van der Waals surface area contributed by atoms with E-state index in [-0.39, 0.29) is 5.82 Å². The van der Waals surface area contributed by atoms with Crippen molar-refractivity contribution in [1.82, 2.24) is 9.55 Å². The molecular formula is C19H29N3O15P-. The number of aliphatic hydroxyl groups excluding tert-OH is 6. The molecule has 3 heterocycles. The molecule has 2 fully saturated rings. The Morgan fingerprint density at radius 1 is 1.37 bits per heavy atom. The molecule has 2 saturated heterocycles. The summed E-state index contributed by atoms with van der Waals surface area (Å²) in [5.41, 5.74) is 4.47. The molecule has 0 amide bonds. The number of nitrogen functional groups attached to an aromatic ring is 1. The van der Waals surface area contributed by atoms with Crippen LogP contribution in [0.3, 0.4) is 0 Å². The van der Waals surface area contributed by atoms with Crippen molar-refractivity contribution in [1.29, 1.82) is 0 Å². The van der Waals surface area contributed by atoms with E-state index in [1.54, 1.807) is 0 Å². The second kappa shape index (κ2) is 11.6. The van der Waals surface area contributed by atoms with Crippen LogP contribution < -0.4 is 16.3 Å². The van der Waals surface area contributed by atoms with Crippen LogP contribution in [0, 0.1) is 5.92 Å². The molecule has 2 aliphatic heterocycles. The van der Waals surface area contributed by atoms with Crippen LogP contribution >= 0.6 is 7.82 Å². The molecular weight excluding hydrogens is 541 g/mol. The number of ether oxygens (including phenoxy) is 2. The van der Waals surface area contributed by atoms with Gasteiger partial charge in [-0.15, -0.1) is 0 Å². The smallest absolute Gasteiger partial charge is 0.364 e. The summed E-state index contributed by atoms with van der Waals surface area (Å²) in [7, 11) is -5.65. The summed E-state index contributed by atoms with van der Waals surface area (Å²) in [5.74, 6) is -6.28. The minimum absolute atomic E-state index is 0.124. The van der Waals surface area contributed by atoms with Crippen molar-refractivity contribution < 1.29 is 68.5 Å². The zero-order chi connectivity index (χ0) is 28.6. The van der Waals surface area contributed by atoms with E-state index in [2.05, 4.69) is 14.0 Å². The highest BCUT2D eigenvalue weighted by Gasteiger charge is 2.56. The Morgan fingerprint density at radius 3 is 2.61 bits per heavy atom. The Balaban J connectivity index is 1.74. The number of phosphoric acid groups is 1. The number of carboxylic acid groups (broad SMARTS) is 1. The topological polar surface area (TPSA) is 297 Å². The molecule has 0 spiro atoms. The molecule has 18 nitrogen and oxygen atoms in total. The number of carboxylic acids is 1. The summed E-state index contributed by atoms with van der Waals surface area (Å²) in [4.78, 5) is 40.1. The standard InChI is InChI=1S/C19H30N3O15P/c1-7-8(24)4-19(17(29)30,36-15(7)12(26)9(25)5-23)37-38(32,33)34-6-10-13(27)14(28)16(35-10)22-3-2-11(20)21-18(22)31/h2-3,7-10,12-16,23-28H,4-6H2,1H3,(H,29,30)(H,32,33)(H2,20,21,31)/p-1. The molecule has 11 unspecified atom stereocenters. The normalized spacial score (nSPS) is 36.9. The maximum absolute atomic E-state index is 12.6. The van der Waals surface area contributed by atoms with Gasteiger partial charge in [-0.3, -0.25) is 13.7 Å². The lowest BCUT2D eigenvalue weighted by molar-refractivity contribution is -0.318. The number of phosphoric ester groups is 1. The van der Waals surface area contributed by atoms with Gasteiger partial charge in [-0.2, -0.15) is 4.98 Å². The summed E-state index contributed by atoms with van der Waals surface area (Å²) in [6, 6.07) is 1.21. The molecule has 1 aromatic heterocycles. The van der Waals surface area contributed by atoms with Gasteiger partial charge in [0.2, 0.25) is 0 Å². The highest BCUT2D eigenvalue weighted by atomic mass is 31.2. The highest BCUT2D eigenvalue weighted by Crippen LogP contribution is 2.49. The maximum atomic E-state index is 12.6. The van der Waals surface area contributed by atoms with E-state index in [1.165, 1.54) is 13.0 Å². The average Bonchev–Trinajstić information content (AvgIpc) is 3.12. The van der Waals surface area contributed by atoms with Gasteiger partial charge in [0.25, 0.3) is 13.6 Å². The fraction of sp³-hybridized carbons (Fsp3) is 0.737. The fourth-order valence-corrected chi connectivity index (χ4v) is 5.03. The van der Waals surface area contributed by atoms with Crippen LogP contribution in [-0.2, 0) is 27.9 Å². The van der Waals surface area contributed by atoms with E-state index in [1.807, 2.05) is 0 Å². The van der Waals surface area contributed by atoms with Gasteiger partial charge < -0.3 is 60.4 Å². The third kappa shape index (κ3) is 6.22. The third-order valence-electron chi connectivity index (χ3n) is 6.29. The van der Waals surface area contributed by atoms with Crippen LogP contribution in [0.5, 0.6) is 0 Å². The van der Waals surface area contributed by atoms with Gasteiger partial charge in [0.15, 0.2) is 6.23 Å². The van der Waals surface area contributed by atoms with E-state index in [9.17, 15) is 49.7 Å². The number of hydrogen-bond donors (Lipinski definition) is 8. The second-order valence-corrected chi connectivity index (χ2v) is 10.3. The van der Waals surface area contributed by atoms with Gasteiger partial charge in [0, 0.05) is 18.5 Å². The zero-order valence-corrected chi connectivity index (χ0v) is 20.7. The molecule has 19 heteroatoms. The Morgan fingerprint density at radius 2 is 2.03 bits per heavy atom. The predicted molar refractivity (Wildman–Crippen MR) is 118 cm³/mol. The molecule has 38 heavy (non-hydrogen) atoms. The molecule has 2 aliphatic rings. The molecule has 0 aliphatic carbocycles. The average molecular weight is 570 g/mol. The zero-order valence-electron chi connectivity index (χ0n) is 19.8. The molecule has 3 rings (SSSR count). The molecule has 216 valence electrons. The quantitative estimate of drug-likeness (QED) is 0.122. The van der Waals surface area contributed by atoms with E-state index in [0.29, 0.717) is 0 Å². The number of nitrogens with zero attached hydrogens (tertiary/aromatic N) is 2. The van der Waals surface area contributed by atoms with Crippen LogP contribution in [0.25, 0.3) is 0 Å². The molecule has 0 aromatic carbocycles. The van der Waals surface area contributed by atoms with Crippen molar-refractivity contribution >= 4 is 19.6 Å². The highest BCUT2D eigenvalue weighted by molar-refractivity contribution is 7.45. The van der Waals surface area contributed by atoms with Gasteiger partial charge in [-0.1, -0.05) is 6.92 Å². The molecule has 0 radical (unpaired) electrons. The predicted octanol–water partition coefficient (Wildman–Crippen LogP) is -4.77. The van der Waals surface area contributed by atoms with Crippen molar-refractivity contribution in [2.75, 3.05) is 18.9 Å².